The van der Waals surface area contributed by atoms with Gasteiger partial charge in [-0.3, -0.25) is 9.59 Å². The molecule has 4 amide bonds. The second kappa shape index (κ2) is 7.53. The number of hydrogen-bond donors (Lipinski definition) is 2. The number of halogens is 1. The van der Waals surface area contributed by atoms with Gasteiger partial charge in [-0.2, -0.15) is 0 Å². The summed E-state index contributed by atoms with van der Waals surface area (Å²) in [7, 11) is 0. The average Bonchev–Trinajstić information content (AvgIpc) is 2.90. The summed E-state index contributed by atoms with van der Waals surface area (Å²) in [5.41, 5.74) is 6.00. The van der Waals surface area contributed by atoms with Crippen molar-refractivity contribution in [3.05, 3.63) is 34.9 Å². The second-order valence-electron chi connectivity index (χ2n) is 7.15. The number of carbonyl (C=O) groups is 3. The molecule has 7 nitrogen and oxygen atoms in total. The van der Waals surface area contributed by atoms with Crippen molar-refractivity contribution < 1.29 is 14.4 Å². The molecule has 0 saturated carbocycles. The predicted octanol–water partition coefficient (Wildman–Crippen LogP) is 1.35. The quantitative estimate of drug-likeness (QED) is 0.827. The van der Waals surface area contributed by atoms with Gasteiger partial charge in [0.25, 0.3) is 0 Å². The summed E-state index contributed by atoms with van der Waals surface area (Å²) >= 11 is 5.91. The first kappa shape index (κ1) is 18.5. The fourth-order valence-corrected chi connectivity index (χ4v) is 3.90. The maximum Gasteiger partial charge on any atom is 0.312 e. The Bertz CT molecular complexity index is 699. The van der Waals surface area contributed by atoms with Crippen molar-refractivity contribution in [2.45, 2.75) is 25.8 Å². The highest BCUT2D eigenvalue weighted by atomic mass is 35.5. The molecule has 0 atom stereocenters. The summed E-state index contributed by atoms with van der Waals surface area (Å²) in [4.78, 5) is 38.9. The number of urea groups is 1. The number of amides is 4. The van der Waals surface area contributed by atoms with E-state index in [1.54, 1.807) is 4.90 Å². The van der Waals surface area contributed by atoms with Crippen LogP contribution < -0.4 is 11.1 Å². The standard InChI is InChI=1S/C18H23ClN4O3/c19-14-3-1-13(2-4-14)11-23-12-18(9-15(23)24)5-7-22(8-6-18)16(25)10-21-17(20)26/h1-4H,5-12H2,(H3,20,21,26). The van der Waals surface area contributed by atoms with E-state index < -0.39 is 6.03 Å². The number of nitrogens with zero attached hydrogens (tertiary/aromatic N) is 2. The molecule has 3 rings (SSSR count). The Kier molecular flexibility index (Phi) is 5.36. The molecule has 0 radical (unpaired) electrons. The fourth-order valence-electron chi connectivity index (χ4n) is 3.78. The van der Waals surface area contributed by atoms with Gasteiger partial charge in [0.15, 0.2) is 0 Å². The van der Waals surface area contributed by atoms with Crippen LogP contribution in [0.2, 0.25) is 5.02 Å². The third-order valence-electron chi connectivity index (χ3n) is 5.28. The number of carbonyl (C=O) groups excluding carboxylic acids is 3. The van der Waals surface area contributed by atoms with Crippen molar-refractivity contribution in [2.24, 2.45) is 11.1 Å². The Morgan fingerprint density at radius 2 is 1.85 bits per heavy atom. The number of benzene rings is 1. The van der Waals surface area contributed by atoms with Crippen molar-refractivity contribution in [3.63, 3.8) is 0 Å². The van der Waals surface area contributed by atoms with Gasteiger partial charge in [-0.1, -0.05) is 23.7 Å². The van der Waals surface area contributed by atoms with Crippen LogP contribution in [0.1, 0.15) is 24.8 Å². The highest BCUT2D eigenvalue weighted by Gasteiger charge is 2.45. The lowest BCUT2D eigenvalue weighted by Crippen LogP contribution is -2.48. The molecule has 2 heterocycles. The van der Waals surface area contributed by atoms with Crippen LogP contribution in [-0.4, -0.2) is 53.8 Å². The van der Waals surface area contributed by atoms with Gasteiger partial charge in [-0.05, 0) is 30.5 Å². The van der Waals surface area contributed by atoms with Gasteiger partial charge in [0.2, 0.25) is 11.8 Å². The van der Waals surface area contributed by atoms with Crippen LogP contribution in [-0.2, 0) is 16.1 Å². The highest BCUT2D eigenvalue weighted by molar-refractivity contribution is 6.30. The predicted molar refractivity (Wildman–Crippen MR) is 97.3 cm³/mol. The maximum absolute atomic E-state index is 12.5. The number of hydrogen-bond acceptors (Lipinski definition) is 3. The molecule has 0 aromatic heterocycles. The number of nitrogens with two attached hydrogens (primary N) is 1. The SMILES string of the molecule is NC(=O)NCC(=O)N1CCC2(CC1)CC(=O)N(Cc1ccc(Cl)cc1)C2. The van der Waals surface area contributed by atoms with E-state index >= 15 is 0 Å². The van der Waals surface area contributed by atoms with Crippen molar-refractivity contribution in [3.8, 4) is 0 Å². The first-order valence-electron chi connectivity index (χ1n) is 8.70. The van der Waals surface area contributed by atoms with Crippen LogP contribution in [0.3, 0.4) is 0 Å². The van der Waals surface area contributed by atoms with E-state index in [0.29, 0.717) is 31.1 Å². The molecule has 3 N–H and O–H groups in total. The molecule has 1 spiro atoms. The van der Waals surface area contributed by atoms with Crippen molar-refractivity contribution in [2.75, 3.05) is 26.2 Å². The Morgan fingerprint density at radius 1 is 1.19 bits per heavy atom. The van der Waals surface area contributed by atoms with Gasteiger partial charge in [-0.25, -0.2) is 4.79 Å². The third kappa shape index (κ3) is 4.27. The summed E-state index contributed by atoms with van der Waals surface area (Å²) < 4.78 is 0. The third-order valence-corrected chi connectivity index (χ3v) is 5.53. The number of piperidine rings is 1. The molecule has 1 aromatic carbocycles. The Morgan fingerprint density at radius 3 is 2.46 bits per heavy atom. The second-order valence-corrected chi connectivity index (χ2v) is 7.59. The van der Waals surface area contributed by atoms with Gasteiger partial charge < -0.3 is 20.9 Å². The summed E-state index contributed by atoms with van der Waals surface area (Å²) in [6.07, 6.45) is 2.11. The minimum atomic E-state index is -0.703. The van der Waals surface area contributed by atoms with E-state index in [2.05, 4.69) is 5.32 Å². The minimum absolute atomic E-state index is 0.0581. The lowest BCUT2D eigenvalue weighted by atomic mass is 9.77. The molecular weight excluding hydrogens is 356 g/mol. The molecule has 2 fully saturated rings. The van der Waals surface area contributed by atoms with Gasteiger partial charge in [0.05, 0.1) is 6.54 Å². The molecule has 2 saturated heterocycles. The maximum atomic E-state index is 12.5. The van der Waals surface area contributed by atoms with E-state index in [9.17, 15) is 14.4 Å². The molecule has 2 aliphatic heterocycles. The van der Waals surface area contributed by atoms with Crippen LogP contribution in [0.25, 0.3) is 0 Å². The molecule has 2 aliphatic rings. The van der Waals surface area contributed by atoms with Crippen LogP contribution in [0.5, 0.6) is 0 Å². The van der Waals surface area contributed by atoms with Crippen LogP contribution >= 0.6 is 11.6 Å². The first-order valence-corrected chi connectivity index (χ1v) is 9.08. The van der Waals surface area contributed by atoms with E-state index in [0.717, 1.165) is 24.9 Å². The molecule has 1 aromatic rings. The zero-order valence-electron chi connectivity index (χ0n) is 14.5. The Balaban J connectivity index is 1.54. The summed E-state index contributed by atoms with van der Waals surface area (Å²) in [5, 5.41) is 3.01. The monoisotopic (exact) mass is 378 g/mol. The van der Waals surface area contributed by atoms with Gasteiger partial charge in [-0.15, -0.1) is 0 Å². The Labute approximate surface area is 157 Å². The average molecular weight is 379 g/mol. The minimum Gasteiger partial charge on any atom is -0.352 e. The molecule has 140 valence electrons. The van der Waals surface area contributed by atoms with E-state index in [1.807, 2.05) is 29.2 Å². The van der Waals surface area contributed by atoms with Gasteiger partial charge in [0, 0.05) is 43.0 Å². The first-order chi connectivity index (χ1) is 12.4. The highest BCUT2D eigenvalue weighted by Crippen LogP contribution is 2.41. The largest absolute Gasteiger partial charge is 0.352 e. The van der Waals surface area contributed by atoms with Crippen LogP contribution in [0.4, 0.5) is 4.79 Å². The van der Waals surface area contributed by atoms with E-state index in [1.165, 1.54) is 0 Å². The lowest BCUT2D eigenvalue weighted by Gasteiger charge is -2.38. The summed E-state index contributed by atoms with van der Waals surface area (Å²) in [6.45, 7) is 2.42. The number of nitrogens with one attached hydrogen (secondary N) is 1. The fraction of sp³-hybridized carbons (Fsp3) is 0.500. The number of primary amides is 1. The number of rotatable bonds is 4. The number of likely N-dealkylation sites (tertiary alicyclic amines) is 2. The van der Waals surface area contributed by atoms with Crippen molar-refractivity contribution in [1.29, 1.82) is 0 Å². The molecule has 26 heavy (non-hydrogen) atoms. The molecule has 0 unspecified atom stereocenters. The topological polar surface area (TPSA) is 95.7 Å². The van der Waals surface area contributed by atoms with E-state index in [-0.39, 0.29) is 23.8 Å². The smallest absolute Gasteiger partial charge is 0.312 e. The van der Waals surface area contributed by atoms with E-state index in [4.69, 9.17) is 17.3 Å². The summed E-state index contributed by atoms with van der Waals surface area (Å²) in [5.74, 6) is 0.0242. The van der Waals surface area contributed by atoms with Gasteiger partial charge >= 0.3 is 6.03 Å². The van der Waals surface area contributed by atoms with Crippen LogP contribution in [0.15, 0.2) is 24.3 Å². The zero-order valence-corrected chi connectivity index (χ0v) is 15.3. The molecule has 8 heteroatoms. The molecular formula is C18H23ClN4O3. The lowest BCUT2D eigenvalue weighted by molar-refractivity contribution is -0.132. The van der Waals surface area contributed by atoms with Crippen LogP contribution in [0, 0.1) is 5.41 Å². The van der Waals surface area contributed by atoms with Crippen molar-refractivity contribution in [1.82, 2.24) is 15.1 Å². The summed E-state index contributed by atoms with van der Waals surface area (Å²) in [6, 6.07) is 6.84. The Hall–Kier alpha value is -2.28. The van der Waals surface area contributed by atoms with Crippen molar-refractivity contribution >= 4 is 29.4 Å². The normalized spacial score (nSPS) is 19.0. The molecule has 0 bridgehead atoms. The molecule has 0 aliphatic carbocycles. The van der Waals surface area contributed by atoms with Gasteiger partial charge in [0.1, 0.15) is 0 Å². The zero-order chi connectivity index (χ0) is 18.7.